The molecule has 2 aromatic carbocycles. The Hall–Kier alpha value is -4.01. The number of aliphatic imine (C=N–C) groups is 1. The number of fused-ring (bicyclic) bond motifs is 1. The number of guanidine groups is 1. The standard InChI is InChI=1S/C22H23N5O4/c1-13-11-19(28)27-20(15-12-14(29-2)9-10-17(15)30-3)25-21(26-22(27)23-13)24-16-7-5-6-8-18(16)31-4/h5-12,20H,1-4H3,(H2,23,24,25,26). The lowest BCUT2D eigenvalue weighted by Crippen LogP contribution is -2.37. The third kappa shape index (κ3) is 3.89. The Morgan fingerprint density at radius 1 is 1.00 bits per heavy atom. The average Bonchev–Trinajstić information content (AvgIpc) is 2.78. The molecule has 0 bridgehead atoms. The average molecular weight is 421 g/mol. The second kappa shape index (κ2) is 8.39. The zero-order valence-corrected chi connectivity index (χ0v) is 17.7. The highest BCUT2D eigenvalue weighted by atomic mass is 16.5. The molecule has 2 N–H and O–H groups in total. The van der Waals surface area contributed by atoms with Gasteiger partial charge in [0, 0.05) is 17.3 Å². The van der Waals surface area contributed by atoms with Crippen molar-refractivity contribution in [3.8, 4) is 17.2 Å². The molecule has 1 aliphatic rings. The van der Waals surface area contributed by atoms with Crippen LogP contribution in [-0.4, -0.2) is 36.8 Å². The first kappa shape index (κ1) is 20.3. The number of methoxy groups -OCH3 is 3. The molecule has 160 valence electrons. The molecule has 2 heterocycles. The molecule has 0 radical (unpaired) electrons. The van der Waals surface area contributed by atoms with Crippen LogP contribution in [0.3, 0.4) is 0 Å². The Bertz CT molecular complexity index is 1200. The van der Waals surface area contributed by atoms with Crippen molar-refractivity contribution in [3.05, 3.63) is 70.1 Å². The van der Waals surface area contributed by atoms with Crippen LogP contribution in [0.4, 0.5) is 11.6 Å². The van der Waals surface area contributed by atoms with Gasteiger partial charge in [0.05, 0.1) is 27.0 Å². The van der Waals surface area contributed by atoms with Gasteiger partial charge in [0.2, 0.25) is 11.9 Å². The van der Waals surface area contributed by atoms with Gasteiger partial charge in [-0.05, 0) is 37.3 Å². The Labute approximate surface area is 179 Å². The maximum Gasteiger partial charge on any atom is 0.257 e. The van der Waals surface area contributed by atoms with Crippen LogP contribution in [0.1, 0.15) is 17.4 Å². The van der Waals surface area contributed by atoms with Crippen LogP contribution in [0.25, 0.3) is 0 Å². The molecule has 0 saturated heterocycles. The molecule has 3 aromatic rings. The van der Waals surface area contributed by atoms with Gasteiger partial charge in [-0.15, -0.1) is 0 Å². The normalized spacial score (nSPS) is 14.7. The fraction of sp³-hybridized carbons (Fsp3) is 0.227. The number of nitrogens with one attached hydrogen (secondary N) is 2. The second-order valence-corrected chi connectivity index (χ2v) is 6.84. The summed E-state index contributed by atoms with van der Waals surface area (Å²) in [6, 6.07) is 14.3. The lowest BCUT2D eigenvalue weighted by atomic mass is 10.1. The van der Waals surface area contributed by atoms with Crippen molar-refractivity contribution in [2.45, 2.75) is 13.1 Å². The molecule has 0 spiro atoms. The molecule has 0 fully saturated rings. The summed E-state index contributed by atoms with van der Waals surface area (Å²) in [5, 5.41) is 6.34. The van der Waals surface area contributed by atoms with Gasteiger partial charge in [-0.2, -0.15) is 0 Å². The Morgan fingerprint density at radius 3 is 2.52 bits per heavy atom. The van der Waals surface area contributed by atoms with Gasteiger partial charge >= 0.3 is 0 Å². The predicted octanol–water partition coefficient (Wildman–Crippen LogP) is 3.02. The molecule has 1 atom stereocenters. The van der Waals surface area contributed by atoms with Crippen LogP contribution in [-0.2, 0) is 0 Å². The molecule has 31 heavy (non-hydrogen) atoms. The summed E-state index contributed by atoms with van der Waals surface area (Å²) < 4.78 is 17.8. The minimum atomic E-state index is -0.723. The van der Waals surface area contributed by atoms with Crippen molar-refractivity contribution in [3.63, 3.8) is 0 Å². The number of nitrogens with zero attached hydrogens (tertiary/aromatic N) is 3. The van der Waals surface area contributed by atoms with Crippen molar-refractivity contribution in [2.75, 3.05) is 32.0 Å². The highest BCUT2D eigenvalue weighted by molar-refractivity contribution is 6.04. The molecule has 0 aliphatic carbocycles. The first-order chi connectivity index (χ1) is 15.0. The van der Waals surface area contributed by atoms with Gasteiger partial charge < -0.3 is 19.5 Å². The second-order valence-electron chi connectivity index (χ2n) is 6.84. The monoisotopic (exact) mass is 421 g/mol. The summed E-state index contributed by atoms with van der Waals surface area (Å²) >= 11 is 0. The highest BCUT2D eigenvalue weighted by Crippen LogP contribution is 2.35. The van der Waals surface area contributed by atoms with Gasteiger partial charge in [0.1, 0.15) is 17.2 Å². The summed E-state index contributed by atoms with van der Waals surface area (Å²) in [6.45, 7) is 1.77. The van der Waals surface area contributed by atoms with E-state index in [0.717, 1.165) is 5.69 Å². The molecular formula is C22H23N5O4. The number of ether oxygens (including phenoxy) is 3. The number of aromatic nitrogens is 2. The predicted molar refractivity (Wildman–Crippen MR) is 119 cm³/mol. The van der Waals surface area contributed by atoms with Gasteiger partial charge in [0.15, 0.2) is 6.17 Å². The van der Waals surface area contributed by atoms with E-state index >= 15 is 0 Å². The number of aryl methyl sites for hydroxylation is 1. The molecule has 1 aliphatic heterocycles. The Kier molecular flexibility index (Phi) is 5.48. The van der Waals surface area contributed by atoms with Crippen molar-refractivity contribution >= 4 is 17.6 Å². The van der Waals surface area contributed by atoms with Crippen LogP contribution in [0.15, 0.2) is 58.3 Å². The van der Waals surface area contributed by atoms with Crippen LogP contribution in [0, 0.1) is 6.92 Å². The largest absolute Gasteiger partial charge is 0.497 e. The maximum absolute atomic E-state index is 12.9. The van der Waals surface area contributed by atoms with Crippen LogP contribution in [0.5, 0.6) is 17.2 Å². The van der Waals surface area contributed by atoms with Crippen LogP contribution >= 0.6 is 0 Å². The lowest BCUT2D eigenvalue weighted by Gasteiger charge is -2.28. The summed E-state index contributed by atoms with van der Waals surface area (Å²) in [5.41, 5.74) is 1.75. The molecule has 1 unspecified atom stereocenters. The van der Waals surface area contributed by atoms with E-state index in [4.69, 9.17) is 19.2 Å². The third-order valence-electron chi connectivity index (χ3n) is 4.88. The van der Waals surface area contributed by atoms with Crippen LogP contribution < -0.4 is 30.4 Å². The van der Waals surface area contributed by atoms with Gasteiger partial charge in [-0.3, -0.25) is 14.7 Å². The minimum absolute atomic E-state index is 0.232. The van der Waals surface area contributed by atoms with E-state index in [2.05, 4.69) is 15.6 Å². The number of hydrogen-bond acceptors (Lipinski definition) is 8. The quantitative estimate of drug-likeness (QED) is 0.653. The molecular weight excluding hydrogens is 398 g/mol. The molecule has 9 heteroatoms. The maximum atomic E-state index is 12.9. The van der Waals surface area contributed by atoms with E-state index < -0.39 is 6.17 Å². The van der Waals surface area contributed by atoms with E-state index in [1.165, 1.54) is 10.6 Å². The SMILES string of the molecule is COc1ccc(OC)c(C2N=C(Nc3ccccc3OC)Nc3nc(C)cc(=O)n32)c1. The lowest BCUT2D eigenvalue weighted by molar-refractivity contribution is 0.391. The zero-order valence-electron chi connectivity index (χ0n) is 17.7. The van der Waals surface area contributed by atoms with Crippen molar-refractivity contribution in [1.29, 1.82) is 0 Å². The first-order valence-corrected chi connectivity index (χ1v) is 9.61. The van der Waals surface area contributed by atoms with Gasteiger partial charge in [0.25, 0.3) is 5.56 Å². The van der Waals surface area contributed by atoms with Gasteiger partial charge in [-0.25, -0.2) is 9.98 Å². The number of hydrogen-bond donors (Lipinski definition) is 2. The number of benzene rings is 2. The third-order valence-corrected chi connectivity index (χ3v) is 4.88. The number of anilines is 2. The van der Waals surface area contributed by atoms with Crippen LogP contribution in [0.2, 0.25) is 0 Å². The van der Waals surface area contributed by atoms with E-state index in [1.807, 2.05) is 24.3 Å². The summed E-state index contributed by atoms with van der Waals surface area (Å²) in [7, 11) is 4.75. The van der Waals surface area contributed by atoms with Crippen molar-refractivity contribution in [1.82, 2.24) is 9.55 Å². The minimum Gasteiger partial charge on any atom is -0.497 e. The smallest absolute Gasteiger partial charge is 0.257 e. The number of rotatable bonds is 5. The molecule has 0 saturated carbocycles. The summed E-state index contributed by atoms with van der Waals surface area (Å²) in [6.07, 6.45) is -0.723. The Morgan fingerprint density at radius 2 is 1.77 bits per heavy atom. The summed E-state index contributed by atoms with van der Waals surface area (Å²) in [5.74, 6) is 2.64. The fourth-order valence-electron chi connectivity index (χ4n) is 3.44. The fourth-order valence-corrected chi connectivity index (χ4v) is 3.44. The number of para-hydroxylation sites is 2. The highest BCUT2D eigenvalue weighted by Gasteiger charge is 2.28. The van der Waals surface area contributed by atoms with E-state index in [0.29, 0.717) is 40.4 Å². The molecule has 4 rings (SSSR count). The van der Waals surface area contributed by atoms with E-state index in [-0.39, 0.29) is 5.56 Å². The molecule has 0 amide bonds. The molecule has 9 nitrogen and oxygen atoms in total. The van der Waals surface area contributed by atoms with Crippen molar-refractivity contribution in [2.24, 2.45) is 4.99 Å². The first-order valence-electron chi connectivity index (χ1n) is 9.61. The van der Waals surface area contributed by atoms with Gasteiger partial charge in [-0.1, -0.05) is 12.1 Å². The summed E-state index contributed by atoms with van der Waals surface area (Å²) in [4.78, 5) is 22.2. The van der Waals surface area contributed by atoms with E-state index in [9.17, 15) is 4.79 Å². The zero-order chi connectivity index (χ0) is 22.0. The van der Waals surface area contributed by atoms with E-state index in [1.54, 1.807) is 46.5 Å². The van der Waals surface area contributed by atoms with Crippen molar-refractivity contribution < 1.29 is 14.2 Å². The Balaban J connectivity index is 1.87. The topological polar surface area (TPSA) is 99.0 Å². The molecule has 1 aromatic heterocycles.